The number of hydrogen-bond acceptors (Lipinski definition) is 10. The van der Waals surface area contributed by atoms with Crippen LogP contribution in [-0.4, -0.2) is 41.4 Å². The number of thiophene rings is 1. The molecule has 0 saturated carbocycles. The molecular weight excluding hydrogens is 717 g/mol. The monoisotopic (exact) mass is 760 g/mol. The number of furan rings is 1. The smallest absolute Gasteiger partial charge is 0.154 e. The molecule has 0 aliphatic rings. The van der Waals surface area contributed by atoms with Gasteiger partial charge in [0, 0.05) is 49.1 Å². The molecule has 0 unspecified atom stereocenters. The van der Waals surface area contributed by atoms with Gasteiger partial charge in [-0.3, -0.25) is 4.98 Å². The second-order valence-electron chi connectivity index (χ2n) is 13.7. The number of nitrogens with zero attached hydrogens (tertiary/aromatic N) is 2. The van der Waals surface area contributed by atoms with Crippen molar-refractivity contribution in [2.75, 3.05) is 36.9 Å². The fourth-order valence-electron chi connectivity index (χ4n) is 6.86. The van der Waals surface area contributed by atoms with Gasteiger partial charge in [0.1, 0.15) is 35.3 Å². The first-order valence-electron chi connectivity index (χ1n) is 18.8. The fraction of sp³-hybridized carbons (Fsp3) is 0.174. The zero-order chi connectivity index (χ0) is 38.3. The molecule has 0 fully saturated rings. The van der Waals surface area contributed by atoms with Crippen molar-refractivity contribution in [1.29, 1.82) is 0 Å². The van der Waals surface area contributed by atoms with Gasteiger partial charge in [-0.15, -0.1) is 11.3 Å². The fourth-order valence-corrected chi connectivity index (χ4v) is 7.69. The van der Waals surface area contributed by atoms with Crippen molar-refractivity contribution >= 4 is 55.4 Å². The van der Waals surface area contributed by atoms with Crippen molar-refractivity contribution in [2.45, 2.75) is 26.9 Å². The summed E-state index contributed by atoms with van der Waals surface area (Å²) in [6.07, 6.45) is 3.63. The van der Waals surface area contributed by atoms with E-state index in [1.54, 1.807) is 17.6 Å². The zero-order valence-corrected chi connectivity index (χ0v) is 32.2. The van der Waals surface area contributed by atoms with E-state index >= 15 is 0 Å². The number of aromatic nitrogens is 2. The van der Waals surface area contributed by atoms with Gasteiger partial charge in [-0.25, -0.2) is 4.98 Å². The van der Waals surface area contributed by atoms with Crippen molar-refractivity contribution in [3.63, 3.8) is 0 Å². The summed E-state index contributed by atoms with van der Waals surface area (Å²) in [5, 5.41) is 25.1. The Bertz CT molecular complexity index is 2570. The van der Waals surface area contributed by atoms with Crippen LogP contribution in [0.2, 0.25) is 0 Å². The second-order valence-corrected chi connectivity index (χ2v) is 14.6. The molecule has 0 radical (unpaired) electrons. The number of aliphatic hydroxyl groups is 1. The molecule has 0 saturated heterocycles. The molecule has 8 rings (SSSR count). The van der Waals surface area contributed by atoms with Gasteiger partial charge in [0.15, 0.2) is 5.58 Å². The highest BCUT2D eigenvalue weighted by atomic mass is 32.1. The van der Waals surface area contributed by atoms with Crippen LogP contribution in [0.4, 0.5) is 22.7 Å². The van der Waals surface area contributed by atoms with Crippen LogP contribution in [0.25, 0.3) is 43.6 Å². The summed E-state index contributed by atoms with van der Waals surface area (Å²) in [6, 6.07) is 37.5. The summed E-state index contributed by atoms with van der Waals surface area (Å²) in [6.45, 7) is 7.40. The first-order valence-corrected chi connectivity index (χ1v) is 19.7. The van der Waals surface area contributed by atoms with E-state index in [0.29, 0.717) is 32.8 Å². The third-order valence-corrected chi connectivity index (χ3v) is 10.8. The van der Waals surface area contributed by atoms with Gasteiger partial charge in [-0.2, -0.15) is 0 Å². The highest BCUT2D eigenvalue weighted by molar-refractivity contribution is 7.17. The van der Waals surface area contributed by atoms with Crippen LogP contribution in [0.3, 0.4) is 0 Å². The van der Waals surface area contributed by atoms with Gasteiger partial charge in [0.25, 0.3) is 0 Å². The SMILES string of the molecule is Cc1c(Nc2coc3cc(CNCCOc4ccc(-c5cccc(Nc6csc7ccc(CNCCO)nc67)c5C)cc4)cnc23)cccc1-c1ccccc1. The van der Waals surface area contributed by atoms with Crippen molar-refractivity contribution in [3.8, 4) is 28.0 Å². The Kier molecular flexibility index (Phi) is 11.3. The van der Waals surface area contributed by atoms with Crippen LogP contribution in [0.5, 0.6) is 5.75 Å². The zero-order valence-electron chi connectivity index (χ0n) is 31.4. The number of aliphatic hydroxyl groups excluding tert-OH is 1. The molecule has 0 amide bonds. The van der Waals surface area contributed by atoms with Gasteiger partial charge in [0.2, 0.25) is 0 Å². The Morgan fingerprint density at radius 1 is 0.696 bits per heavy atom. The lowest BCUT2D eigenvalue weighted by molar-refractivity contribution is 0.291. The maximum Gasteiger partial charge on any atom is 0.154 e. The van der Waals surface area contributed by atoms with Crippen LogP contribution in [-0.2, 0) is 13.1 Å². The minimum Gasteiger partial charge on any atom is -0.492 e. The molecule has 4 heterocycles. The van der Waals surface area contributed by atoms with Crippen molar-refractivity contribution in [2.24, 2.45) is 0 Å². The van der Waals surface area contributed by atoms with Gasteiger partial charge in [0.05, 0.1) is 22.7 Å². The maximum absolute atomic E-state index is 9.09. The highest BCUT2D eigenvalue weighted by Crippen LogP contribution is 2.36. The first-order chi connectivity index (χ1) is 27.5. The van der Waals surface area contributed by atoms with Gasteiger partial charge in [-0.05, 0) is 95.3 Å². The van der Waals surface area contributed by atoms with Crippen LogP contribution in [0, 0.1) is 13.8 Å². The topological polar surface area (TPSA) is 117 Å². The number of ether oxygens (including phenoxy) is 1. The van der Waals surface area contributed by atoms with Gasteiger partial charge >= 0.3 is 0 Å². The van der Waals surface area contributed by atoms with Gasteiger partial charge < -0.3 is 35.5 Å². The van der Waals surface area contributed by atoms with Crippen molar-refractivity contribution in [1.82, 2.24) is 20.6 Å². The van der Waals surface area contributed by atoms with Crippen molar-refractivity contribution in [3.05, 3.63) is 149 Å². The molecule has 5 N–H and O–H groups in total. The Morgan fingerprint density at radius 3 is 2.16 bits per heavy atom. The summed E-state index contributed by atoms with van der Waals surface area (Å²) in [5.41, 5.74) is 15.4. The van der Waals surface area contributed by atoms with Gasteiger partial charge in [-0.1, -0.05) is 66.7 Å². The normalized spacial score (nSPS) is 11.3. The molecular formula is C46H44N6O3S. The van der Waals surface area contributed by atoms with E-state index in [-0.39, 0.29) is 6.61 Å². The number of nitrogens with one attached hydrogen (secondary N) is 4. The quantitative estimate of drug-likeness (QED) is 0.0614. The third kappa shape index (κ3) is 8.29. The molecule has 4 aromatic heterocycles. The van der Waals surface area contributed by atoms with Crippen molar-refractivity contribution < 1.29 is 14.3 Å². The molecule has 0 aliphatic carbocycles. The summed E-state index contributed by atoms with van der Waals surface area (Å²) in [5.74, 6) is 0.825. The lowest BCUT2D eigenvalue weighted by Crippen LogP contribution is -2.20. The summed E-state index contributed by atoms with van der Waals surface area (Å²) in [7, 11) is 0. The highest BCUT2D eigenvalue weighted by Gasteiger charge is 2.14. The standard InChI is InChI=1S/C46H44N6O3S/c1-30-37(33-8-4-3-5-9-33)10-6-12-39(30)51-41-28-55-43-24-32(26-49-45(41)43)25-48-21-23-54-36-17-14-34(15-18-36)38-11-7-13-40(31(38)2)52-42-29-56-44-19-16-35(50-46(42)44)27-47-20-22-53/h3-19,24,26,28-29,47-48,51-53H,20-23,25,27H2,1-2H3. The number of fused-ring (bicyclic) bond motifs is 2. The Balaban J connectivity index is 0.835. The van der Waals surface area contributed by atoms with E-state index in [2.05, 4.69) is 119 Å². The van der Waals surface area contributed by atoms with Crippen LogP contribution in [0.15, 0.2) is 131 Å². The third-order valence-electron chi connectivity index (χ3n) is 9.87. The lowest BCUT2D eigenvalue weighted by Gasteiger charge is -2.14. The first kappa shape index (κ1) is 36.9. The number of benzene rings is 4. The van der Waals surface area contributed by atoms with E-state index in [1.165, 1.54) is 16.7 Å². The summed E-state index contributed by atoms with van der Waals surface area (Å²) >= 11 is 1.68. The largest absolute Gasteiger partial charge is 0.492 e. The van der Waals surface area contributed by atoms with Crippen LogP contribution >= 0.6 is 11.3 Å². The molecule has 282 valence electrons. The molecule has 0 aliphatic heterocycles. The molecule has 0 bridgehead atoms. The number of pyridine rings is 2. The second kappa shape index (κ2) is 17.2. The number of anilines is 4. The summed E-state index contributed by atoms with van der Waals surface area (Å²) < 4.78 is 13.1. The number of rotatable bonds is 16. The molecule has 0 spiro atoms. The lowest BCUT2D eigenvalue weighted by atomic mass is 9.99. The van der Waals surface area contributed by atoms with Crippen LogP contribution < -0.4 is 26.0 Å². The maximum atomic E-state index is 9.09. The Labute approximate surface area is 330 Å². The van der Waals surface area contributed by atoms with Crippen LogP contribution in [0.1, 0.15) is 22.4 Å². The van der Waals surface area contributed by atoms with E-state index in [1.807, 2.05) is 36.5 Å². The Hall–Kier alpha value is -6.04. The minimum absolute atomic E-state index is 0.105. The molecule has 8 aromatic rings. The number of hydrogen-bond donors (Lipinski definition) is 5. The summed E-state index contributed by atoms with van der Waals surface area (Å²) in [4.78, 5) is 9.63. The predicted molar refractivity (Wildman–Crippen MR) is 229 cm³/mol. The van der Waals surface area contributed by atoms with E-state index in [4.69, 9.17) is 24.2 Å². The Morgan fingerprint density at radius 2 is 1.41 bits per heavy atom. The minimum atomic E-state index is 0.105. The molecule has 56 heavy (non-hydrogen) atoms. The average Bonchev–Trinajstić information content (AvgIpc) is 3.83. The molecule has 0 atom stereocenters. The average molecular weight is 761 g/mol. The van der Waals surface area contributed by atoms with E-state index in [0.717, 1.165) is 77.8 Å². The molecule has 4 aromatic carbocycles. The predicted octanol–water partition coefficient (Wildman–Crippen LogP) is 10.1. The van der Waals surface area contributed by atoms with E-state index < -0.39 is 0 Å². The molecule has 9 nitrogen and oxygen atoms in total. The molecule has 10 heteroatoms. The van der Waals surface area contributed by atoms with E-state index in [9.17, 15) is 0 Å².